The van der Waals surface area contributed by atoms with Gasteiger partial charge in [0.2, 0.25) is 0 Å². The molecule has 0 fully saturated rings. The zero-order valence-corrected chi connectivity index (χ0v) is 13.5. The Morgan fingerprint density at radius 3 is 2.62 bits per heavy atom. The highest BCUT2D eigenvalue weighted by Crippen LogP contribution is 2.24. The fourth-order valence-corrected chi connectivity index (χ4v) is 2.60. The standard InChI is InChI=1S/C21H19NO2/c1-2-24-21-13-6-5-12-19(21)22-15-14-20(23)18-11-7-9-16-8-3-4-10-17(16)18/h3-15,22H,2H2,1H3/b15-14+. The maximum Gasteiger partial charge on any atom is 0.187 e. The summed E-state index contributed by atoms with van der Waals surface area (Å²) < 4.78 is 5.56. The lowest BCUT2D eigenvalue weighted by atomic mass is 10.0. The van der Waals surface area contributed by atoms with Crippen molar-refractivity contribution in [3.05, 3.63) is 84.6 Å². The topological polar surface area (TPSA) is 38.3 Å². The second-order valence-corrected chi connectivity index (χ2v) is 5.30. The summed E-state index contributed by atoms with van der Waals surface area (Å²) in [6.07, 6.45) is 3.20. The molecule has 120 valence electrons. The van der Waals surface area contributed by atoms with Crippen molar-refractivity contribution in [1.29, 1.82) is 0 Å². The number of ether oxygens (including phenoxy) is 1. The van der Waals surface area contributed by atoms with Gasteiger partial charge in [0.05, 0.1) is 12.3 Å². The number of hydrogen-bond donors (Lipinski definition) is 1. The minimum atomic E-state index is -0.0341. The van der Waals surface area contributed by atoms with Crippen molar-refractivity contribution in [2.45, 2.75) is 6.92 Å². The number of hydrogen-bond acceptors (Lipinski definition) is 3. The molecule has 0 aromatic heterocycles. The van der Waals surface area contributed by atoms with Crippen molar-refractivity contribution in [3.63, 3.8) is 0 Å². The summed E-state index contributed by atoms with van der Waals surface area (Å²) in [5.74, 6) is 0.732. The van der Waals surface area contributed by atoms with Crippen molar-refractivity contribution < 1.29 is 9.53 Å². The molecule has 0 saturated heterocycles. The minimum absolute atomic E-state index is 0.0341. The van der Waals surface area contributed by atoms with E-state index in [0.29, 0.717) is 12.2 Å². The number of nitrogens with one attached hydrogen (secondary N) is 1. The first-order valence-corrected chi connectivity index (χ1v) is 7.96. The predicted octanol–water partition coefficient (Wildman–Crippen LogP) is 5.05. The van der Waals surface area contributed by atoms with E-state index in [4.69, 9.17) is 4.74 Å². The third-order valence-electron chi connectivity index (χ3n) is 3.72. The normalized spacial score (nSPS) is 10.9. The molecule has 0 amide bonds. The van der Waals surface area contributed by atoms with Gasteiger partial charge in [0.1, 0.15) is 5.75 Å². The lowest BCUT2D eigenvalue weighted by Crippen LogP contribution is -1.99. The second-order valence-electron chi connectivity index (χ2n) is 5.30. The van der Waals surface area contributed by atoms with Crippen molar-refractivity contribution in [2.24, 2.45) is 0 Å². The molecule has 3 nitrogen and oxygen atoms in total. The minimum Gasteiger partial charge on any atom is -0.492 e. The van der Waals surface area contributed by atoms with E-state index in [-0.39, 0.29) is 5.78 Å². The predicted molar refractivity (Wildman–Crippen MR) is 98.7 cm³/mol. The number of carbonyl (C=O) groups excluding carboxylic acids is 1. The number of rotatable bonds is 6. The van der Waals surface area contributed by atoms with Crippen molar-refractivity contribution in [2.75, 3.05) is 11.9 Å². The van der Waals surface area contributed by atoms with Gasteiger partial charge in [-0.1, -0.05) is 54.6 Å². The lowest BCUT2D eigenvalue weighted by Gasteiger charge is -2.09. The fourth-order valence-electron chi connectivity index (χ4n) is 2.60. The molecule has 24 heavy (non-hydrogen) atoms. The van der Waals surface area contributed by atoms with Gasteiger partial charge in [-0.3, -0.25) is 4.79 Å². The molecule has 3 heteroatoms. The molecule has 0 saturated carbocycles. The Morgan fingerprint density at radius 1 is 1.00 bits per heavy atom. The van der Waals surface area contributed by atoms with Gasteiger partial charge in [-0.05, 0) is 29.8 Å². The van der Waals surface area contributed by atoms with Gasteiger partial charge in [-0.2, -0.15) is 0 Å². The SMILES string of the molecule is CCOc1ccccc1N/C=C/C(=O)c1cccc2ccccc12. The summed E-state index contributed by atoms with van der Waals surface area (Å²) in [5, 5.41) is 5.14. The van der Waals surface area contributed by atoms with Crippen LogP contribution in [0.4, 0.5) is 5.69 Å². The van der Waals surface area contributed by atoms with Crippen LogP contribution in [0.15, 0.2) is 79.0 Å². The molecule has 0 unspecified atom stereocenters. The zero-order valence-electron chi connectivity index (χ0n) is 13.5. The van der Waals surface area contributed by atoms with Gasteiger partial charge < -0.3 is 10.1 Å². The highest BCUT2D eigenvalue weighted by Gasteiger charge is 2.06. The summed E-state index contributed by atoms with van der Waals surface area (Å²) in [6, 6.07) is 21.3. The van der Waals surface area contributed by atoms with Crippen molar-refractivity contribution in [3.8, 4) is 5.75 Å². The van der Waals surface area contributed by atoms with E-state index >= 15 is 0 Å². The molecule has 1 N–H and O–H groups in total. The molecule has 0 atom stereocenters. The first-order chi connectivity index (χ1) is 11.8. The maximum atomic E-state index is 12.5. The molecule has 0 heterocycles. The first-order valence-electron chi connectivity index (χ1n) is 7.96. The Bertz CT molecular complexity index is 878. The summed E-state index contributed by atoms with van der Waals surface area (Å²) in [7, 11) is 0. The van der Waals surface area contributed by atoms with Crippen LogP contribution in [0.1, 0.15) is 17.3 Å². The van der Waals surface area contributed by atoms with E-state index in [9.17, 15) is 4.79 Å². The van der Waals surface area contributed by atoms with Gasteiger partial charge >= 0.3 is 0 Å². The molecule has 3 aromatic carbocycles. The van der Waals surface area contributed by atoms with E-state index in [2.05, 4.69) is 5.32 Å². The summed E-state index contributed by atoms with van der Waals surface area (Å²) in [6.45, 7) is 2.54. The van der Waals surface area contributed by atoms with Crippen LogP contribution in [0.5, 0.6) is 5.75 Å². The zero-order chi connectivity index (χ0) is 16.8. The molecule has 0 aliphatic heterocycles. The number of fused-ring (bicyclic) bond motifs is 1. The first kappa shape index (κ1) is 15.8. The Kier molecular flexibility index (Phi) is 4.92. The van der Waals surface area contributed by atoms with Crippen molar-refractivity contribution in [1.82, 2.24) is 0 Å². The van der Waals surface area contributed by atoms with E-state index in [1.165, 1.54) is 0 Å². The summed E-state index contributed by atoms with van der Waals surface area (Å²) >= 11 is 0. The summed E-state index contributed by atoms with van der Waals surface area (Å²) in [5.41, 5.74) is 1.53. The molecular formula is C21H19NO2. The molecule has 0 aliphatic carbocycles. The molecule has 3 rings (SSSR count). The van der Waals surface area contributed by atoms with E-state index in [0.717, 1.165) is 22.2 Å². The smallest absolute Gasteiger partial charge is 0.187 e. The fraction of sp³-hybridized carbons (Fsp3) is 0.0952. The maximum absolute atomic E-state index is 12.5. The second kappa shape index (κ2) is 7.47. The Hall–Kier alpha value is -3.07. The Labute approximate surface area is 141 Å². The largest absolute Gasteiger partial charge is 0.492 e. The van der Waals surface area contributed by atoms with E-state index in [1.54, 1.807) is 12.3 Å². The molecule has 0 aliphatic rings. The monoisotopic (exact) mass is 317 g/mol. The van der Waals surface area contributed by atoms with Crippen molar-refractivity contribution >= 4 is 22.2 Å². The van der Waals surface area contributed by atoms with E-state index in [1.807, 2.05) is 73.7 Å². The molecule has 0 spiro atoms. The van der Waals surface area contributed by atoms with Crippen LogP contribution in [-0.2, 0) is 0 Å². The molecular weight excluding hydrogens is 298 g/mol. The molecule has 0 radical (unpaired) electrons. The number of para-hydroxylation sites is 2. The van der Waals surface area contributed by atoms with E-state index < -0.39 is 0 Å². The van der Waals surface area contributed by atoms with Crippen LogP contribution >= 0.6 is 0 Å². The number of allylic oxidation sites excluding steroid dienone is 1. The lowest BCUT2D eigenvalue weighted by molar-refractivity contribution is 0.104. The summed E-state index contributed by atoms with van der Waals surface area (Å²) in [4.78, 5) is 12.5. The van der Waals surface area contributed by atoms with Gasteiger partial charge in [0, 0.05) is 17.8 Å². The quantitative estimate of drug-likeness (QED) is 0.511. The highest BCUT2D eigenvalue weighted by molar-refractivity contribution is 6.13. The number of ketones is 1. The van der Waals surface area contributed by atoms with Gasteiger partial charge in [0.15, 0.2) is 5.78 Å². The van der Waals surface area contributed by atoms with Gasteiger partial charge in [-0.15, -0.1) is 0 Å². The Balaban J connectivity index is 1.78. The van der Waals surface area contributed by atoms with Crippen LogP contribution in [-0.4, -0.2) is 12.4 Å². The highest BCUT2D eigenvalue weighted by atomic mass is 16.5. The number of anilines is 1. The van der Waals surface area contributed by atoms with Crippen LogP contribution in [0.3, 0.4) is 0 Å². The third-order valence-corrected chi connectivity index (χ3v) is 3.72. The molecule has 3 aromatic rings. The van der Waals surface area contributed by atoms with Gasteiger partial charge in [-0.25, -0.2) is 0 Å². The number of benzene rings is 3. The van der Waals surface area contributed by atoms with Gasteiger partial charge in [0.25, 0.3) is 0 Å². The van der Waals surface area contributed by atoms with Crippen LogP contribution in [0.25, 0.3) is 10.8 Å². The number of carbonyl (C=O) groups is 1. The van der Waals surface area contributed by atoms with Crippen LogP contribution < -0.4 is 10.1 Å². The Morgan fingerprint density at radius 2 is 1.75 bits per heavy atom. The average molecular weight is 317 g/mol. The average Bonchev–Trinajstić information content (AvgIpc) is 2.63. The molecule has 0 bridgehead atoms. The van der Waals surface area contributed by atoms with Crippen LogP contribution in [0, 0.1) is 0 Å². The van der Waals surface area contributed by atoms with Crippen LogP contribution in [0.2, 0.25) is 0 Å². The third kappa shape index (κ3) is 3.46.